The molecule has 0 saturated heterocycles. The van der Waals surface area contributed by atoms with E-state index < -0.39 is 9.84 Å². The van der Waals surface area contributed by atoms with E-state index in [1.165, 1.54) is 20.1 Å². The molecule has 0 radical (unpaired) electrons. The minimum absolute atomic E-state index is 0.00961. The molecular weight excluding hydrogens is 228 g/mol. The van der Waals surface area contributed by atoms with Crippen LogP contribution in [0.3, 0.4) is 0 Å². The highest BCUT2D eigenvalue weighted by Crippen LogP contribution is 2.24. The third-order valence-corrected chi connectivity index (χ3v) is 3.20. The van der Waals surface area contributed by atoms with Gasteiger partial charge < -0.3 is 4.74 Å². The van der Waals surface area contributed by atoms with Crippen molar-refractivity contribution in [1.29, 1.82) is 0 Å². The number of hydrogen-bond donors (Lipinski definition) is 0. The van der Waals surface area contributed by atoms with E-state index in [0.717, 1.165) is 6.26 Å². The number of hydrogen-bond acceptors (Lipinski definition) is 4. The number of sulfone groups is 1. The first kappa shape index (κ1) is 12.7. The van der Waals surface area contributed by atoms with Gasteiger partial charge in [-0.3, -0.25) is 4.79 Å². The van der Waals surface area contributed by atoms with Crippen LogP contribution >= 0.6 is 0 Å². The quantitative estimate of drug-likeness (QED) is 0.796. The Morgan fingerprint density at radius 3 is 2.44 bits per heavy atom. The Hall–Kier alpha value is -1.36. The van der Waals surface area contributed by atoms with Crippen LogP contribution < -0.4 is 4.74 Å². The van der Waals surface area contributed by atoms with E-state index in [9.17, 15) is 13.2 Å². The molecule has 0 heterocycles. The summed E-state index contributed by atoms with van der Waals surface area (Å²) < 4.78 is 27.9. The van der Waals surface area contributed by atoms with E-state index in [2.05, 4.69) is 0 Å². The van der Waals surface area contributed by atoms with Gasteiger partial charge in [0, 0.05) is 12.7 Å². The topological polar surface area (TPSA) is 60.4 Å². The molecule has 0 spiro atoms. The van der Waals surface area contributed by atoms with Crippen molar-refractivity contribution in [2.45, 2.75) is 18.2 Å². The number of Topliss-reactive ketones (excluding diaryl/α,β-unsaturated/α-hetero) is 1. The fourth-order valence-electron chi connectivity index (χ4n) is 1.41. The Kier molecular flexibility index (Phi) is 3.70. The summed E-state index contributed by atoms with van der Waals surface area (Å²) in [6.07, 6.45) is 1.34. The van der Waals surface area contributed by atoms with Crippen molar-refractivity contribution in [3.63, 3.8) is 0 Å². The summed E-state index contributed by atoms with van der Waals surface area (Å²) in [6.45, 7) is 1.46. The Morgan fingerprint density at radius 2 is 2.00 bits per heavy atom. The van der Waals surface area contributed by atoms with E-state index in [4.69, 9.17) is 4.74 Å². The van der Waals surface area contributed by atoms with Crippen molar-refractivity contribution in [3.05, 3.63) is 23.8 Å². The maximum absolute atomic E-state index is 11.5. The van der Waals surface area contributed by atoms with Gasteiger partial charge in [0.15, 0.2) is 9.84 Å². The van der Waals surface area contributed by atoms with Crippen molar-refractivity contribution < 1.29 is 17.9 Å². The summed E-state index contributed by atoms with van der Waals surface area (Å²) in [4.78, 5) is 11.1. The van der Waals surface area contributed by atoms with Gasteiger partial charge in [-0.25, -0.2) is 8.42 Å². The number of benzene rings is 1. The summed E-state index contributed by atoms with van der Waals surface area (Å²) in [7, 11) is -1.93. The lowest BCUT2D eigenvalue weighted by Gasteiger charge is -2.08. The van der Waals surface area contributed by atoms with Crippen LogP contribution in [0.25, 0.3) is 0 Å². The first-order chi connectivity index (χ1) is 7.34. The molecule has 5 heteroatoms. The smallest absolute Gasteiger partial charge is 0.179 e. The average Bonchev–Trinajstić information content (AvgIpc) is 2.15. The van der Waals surface area contributed by atoms with Crippen LogP contribution in [0.2, 0.25) is 0 Å². The Morgan fingerprint density at radius 1 is 1.38 bits per heavy atom. The first-order valence-corrected chi connectivity index (χ1v) is 6.60. The predicted molar refractivity (Wildman–Crippen MR) is 60.5 cm³/mol. The van der Waals surface area contributed by atoms with Crippen LogP contribution in [-0.4, -0.2) is 27.6 Å². The van der Waals surface area contributed by atoms with Gasteiger partial charge in [0.2, 0.25) is 0 Å². The van der Waals surface area contributed by atoms with Crippen molar-refractivity contribution in [2.24, 2.45) is 0 Å². The molecule has 88 valence electrons. The van der Waals surface area contributed by atoms with E-state index in [-0.39, 0.29) is 17.1 Å². The van der Waals surface area contributed by atoms with Gasteiger partial charge >= 0.3 is 0 Å². The lowest BCUT2D eigenvalue weighted by atomic mass is 10.1. The summed E-state index contributed by atoms with van der Waals surface area (Å²) >= 11 is 0. The van der Waals surface area contributed by atoms with Crippen LogP contribution in [0.4, 0.5) is 0 Å². The summed E-state index contributed by atoms with van der Waals surface area (Å²) in [5, 5.41) is 0. The molecule has 4 nitrogen and oxygen atoms in total. The molecule has 0 amide bonds. The normalized spacial score (nSPS) is 11.2. The van der Waals surface area contributed by atoms with E-state index >= 15 is 0 Å². The molecule has 1 rings (SSSR count). The molecule has 0 aliphatic heterocycles. The van der Waals surface area contributed by atoms with Gasteiger partial charge in [0.05, 0.1) is 7.11 Å². The van der Waals surface area contributed by atoms with Gasteiger partial charge in [0.1, 0.15) is 16.4 Å². The van der Waals surface area contributed by atoms with Gasteiger partial charge in [-0.1, -0.05) is 6.07 Å². The molecule has 0 aromatic heterocycles. The number of methoxy groups -OCH3 is 1. The Balaban J connectivity index is 3.27. The Labute approximate surface area is 95.2 Å². The van der Waals surface area contributed by atoms with E-state index in [1.54, 1.807) is 12.1 Å². The second kappa shape index (κ2) is 4.65. The SMILES string of the molecule is COc1ccc(CC(C)=O)cc1S(C)(=O)=O. The van der Waals surface area contributed by atoms with Crippen molar-refractivity contribution >= 4 is 15.6 Å². The summed E-state index contributed by atoms with van der Waals surface area (Å²) in [5.41, 5.74) is 0.675. The molecule has 0 saturated carbocycles. The molecule has 1 aromatic carbocycles. The number of rotatable bonds is 4. The highest BCUT2D eigenvalue weighted by atomic mass is 32.2. The maximum atomic E-state index is 11.5. The zero-order chi connectivity index (χ0) is 12.3. The highest BCUT2D eigenvalue weighted by Gasteiger charge is 2.15. The molecule has 0 fully saturated rings. The zero-order valence-corrected chi connectivity index (χ0v) is 10.3. The molecule has 0 unspecified atom stereocenters. The summed E-state index contributed by atoms with van der Waals surface area (Å²) in [6, 6.07) is 4.74. The average molecular weight is 242 g/mol. The lowest BCUT2D eigenvalue weighted by molar-refractivity contribution is -0.116. The number of carbonyl (C=O) groups is 1. The molecule has 0 bridgehead atoms. The number of ketones is 1. The largest absolute Gasteiger partial charge is 0.495 e. The highest BCUT2D eigenvalue weighted by molar-refractivity contribution is 7.90. The standard InChI is InChI=1S/C11H14O4S/c1-8(12)6-9-4-5-10(15-2)11(7-9)16(3,13)14/h4-5,7H,6H2,1-3H3. The van der Waals surface area contributed by atoms with Gasteiger partial charge in [-0.15, -0.1) is 0 Å². The fourth-order valence-corrected chi connectivity index (χ4v) is 2.29. The van der Waals surface area contributed by atoms with Crippen LogP contribution in [0, 0.1) is 0 Å². The maximum Gasteiger partial charge on any atom is 0.179 e. The minimum Gasteiger partial charge on any atom is -0.495 e. The van der Waals surface area contributed by atoms with Crippen molar-refractivity contribution in [2.75, 3.05) is 13.4 Å². The van der Waals surface area contributed by atoms with Crippen LogP contribution in [0.1, 0.15) is 12.5 Å². The van der Waals surface area contributed by atoms with Crippen LogP contribution in [0.5, 0.6) is 5.75 Å². The fraction of sp³-hybridized carbons (Fsp3) is 0.364. The summed E-state index contributed by atoms with van der Waals surface area (Å²) in [5.74, 6) is 0.291. The second-order valence-electron chi connectivity index (χ2n) is 3.64. The number of carbonyl (C=O) groups excluding carboxylic acids is 1. The van der Waals surface area contributed by atoms with E-state index in [0.29, 0.717) is 11.3 Å². The molecule has 0 aliphatic rings. The minimum atomic E-state index is -3.34. The monoisotopic (exact) mass is 242 g/mol. The van der Waals surface area contributed by atoms with Crippen molar-refractivity contribution in [1.82, 2.24) is 0 Å². The molecule has 0 atom stereocenters. The van der Waals surface area contributed by atoms with Crippen molar-refractivity contribution in [3.8, 4) is 5.75 Å². The number of ether oxygens (including phenoxy) is 1. The van der Waals surface area contributed by atoms with Crippen LogP contribution in [-0.2, 0) is 21.1 Å². The van der Waals surface area contributed by atoms with Gasteiger partial charge in [0.25, 0.3) is 0 Å². The third-order valence-electron chi connectivity index (χ3n) is 2.08. The van der Waals surface area contributed by atoms with Gasteiger partial charge in [-0.2, -0.15) is 0 Å². The Bertz CT molecular complexity index is 503. The third kappa shape index (κ3) is 3.06. The van der Waals surface area contributed by atoms with E-state index in [1.807, 2.05) is 0 Å². The molecular formula is C11H14O4S. The lowest BCUT2D eigenvalue weighted by Crippen LogP contribution is -2.03. The predicted octanol–water partition coefficient (Wildman–Crippen LogP) is 1.23. The molecule has 1 aromatic rings. The zero-order valence-electron chi connectivity index (χ0n) is 9.48. The molecule has 16 heavy (non-hydrogen) atoms. The van der Waals surface area contributed by atoms with Gasteiger partial charge in [-0.05, 0) is 24.6 Å². The molecule has 0 N–H and O–H groups in total. The molecule has 0 aliphatic carbocycles. The van der Waals surface area contributed by atoms with Crippen LogP contribution in [0.15, 0.2) is 23.1 Å². The first-order valence-electron chi connectivity index (χ1n) is 4.71. The second-order valence-corrected chi connectivity index (χ2v) is 5.62.